The van der Waals surface area contributed by atoms with Gasteiger partial charge in [0.05, 0.1) is 6.61 Å². The summed E-state index contributed by atoms with van der Waals surface area (Å²) in [5, 5.41) is 14.0. The normalized spacial score (nSPS) is 12.4. The first kappa shape index (κ1) is 21.2. The van der Waals surface area contributed by atoms with E-state index in [1.54, 1.807) is 30.3 Å². The first-order valence-corrected chi connectivity index (χ1v) is 8.14. The number of aliphatic hydroxyl groups is 1. The highest BCUT2D eigenvalue weighted by molar-refractivity contribution is 5.90. The number of nitrogens with one attached hydrogen (secondary N) is 2. The molecule has 3 amide bonds. The predicted octanol–water partition coefficient (Wildman–Crippen LogP) is 0.600. The fraction of sp³-hybridized carbons (Fsp3) is 0.389. The number of nitrogens with two attached hydrogens (primary N) is 1. The third-order valence-corrected chi connectivity index (χ3v) is 3.43. The Morgan fingerprint density at radius 3 is 2.35 bits per heavy atom. The molecule has 5 N–H and O–H groups in total. The van der Waals surface area contributed by atoms with Gasteiger partial charge in [-0.1, -0.05) is 42.0 Å². The second-order valence-electron chi connectivity index (χ2n) is 5.92. The molecule has 1 aromatic rings. The van der Waals surface area contributed by atoms with E-state index in [9.17, 15) is 19.5 Å². The summed E-state index contributed by atoms with van der Waals surface area (Å²) >= 11 is 0. The number of carbonyl (C=O) groups is 3. The summed E-state index contributed by atoms with van der Waals surface area (Å²) in [6.07, 6.45) is 1.12. The molecule has 2 atom stereocenters. The van der Waals surface area contributed by atoms with Crippen LogP contribution in [0.3, 0.4) is 0 Å². The second kappa shape index (κ2) is 10.9. The van der Waals surface area contributed by atoms with Gasteiger partial charge in [0, 0.05) is 0 Å². The topological polar surface area (TPSA) is 131 Å². The van der Waals surface area contributed by atoms with Crippen LogP contribution in [0, 0.1) is 0 Å². The maximum absolute atomic E-state index is 12.2. The average molecular weight is 363 g/mol. The second-order valence-corrected chi connectivity index (χ2v) is 5.92. The Morgan fingerprint density at radius 1 is 1.15 bits per heavy atom. The Hall–Kier alpha value is -2.87. The van der Waals surface area contributed by atoms with Crippen molar-refractivity contribution in [1.29, 1.82) is 0 Å². The summed E-state index contributed by atoms with van der Waals surface area (Å²) in [5.41, 5.74) is 7.01. The summed E-state index contributed by atoms with van der Waals surface area (Å²) in [5.74, 6) is -1.44. The number of hydrogen-bond acceptors (Lipinski definition) is 5. The van der Waals surface area contributed by atoms with Gasteiger partial charge in [0.25, 0.3) is 0 Å². The molecule has 0 heterocycles. The van der Waals surface area contributed by atoms with Gasteiger partial charge in [0.1, 0.15) is 18.7 Å². The summed E-state index contributed by atoms with van der Waals surface area (Å²) in [4.78, 5) is 35.4. The molecule has 142 valence electrons. The number of hydrogen-bond donors (Lipinski definition) is 4. The number of rotatable bonds is 9. The Bertz CT molecular complexity index is 641. The third kappa shape index (κ3) is 7.80. The van der Waals surface area contributed by atoms with E-state index in [0.29, 0.717) is 0 Å². The molecule has 0 aliphatic rings. The molecular weight excluding hydrogens is 338 g/mol. The molecule has 0 spiro atoms. The lowest BCUT2D eigenvalue weighted by atomic mass is 10.1. The van der Waals surface area contributed by atoms with Crippen molar-refractivity contribution in [2.75, 3.05) is 6.61 Å². The van der Waals surface area contributed by atoms with E-state index < -0.39 is 36.6 Å². The predicted molar refractivity (Wildman–Crippen MR) is 95.8 cm³/mol. The van der Waals surface area contributed by atoms with Crippen LogP contribution in [0.2, 0.25) is 0 Å². The Morgan fingerprint density at radius 2 is 1.81 bits per heavy atom. The number of alkyl carbamates (subject to hydrolysis) is 1. The molecular formula is C18H25N3O5. The monoisotopic (exact) mass is 363 g/mol. The molecule has 0 radical (unpaired) electrons. The van der Waals surface area contributed by atoms with Crippen LogP contribution < -0.4 is 16.4 Å². The Labute approximate surface area is 152 Å². The fourth-order valence-corrected chi connectivity index (χ4v) is 1.97. The lowest BCUT2D eigenvalue weighted by molar-refractivity contribution is -0.129. The summed E-state index contributed by atoms with van der Waals surface area (Å²) in [6.45, 7) is 3.07. The van der Waals surface area contributed by atoms with E-state index in [1.807, 2.05) is 19.9 Å². The number of benzene rings is 1. The molecule has 1 aromatic carbocycles. The Balaban J connectivity index is 2.56. The minimum Gasteiger partial charge on any atom is -0.445 e. The van der Waals surface area contributed by atoms with E-state index in [1.165, 1.54) is 0 Å². The van der Waals surface area contributed by atoms with Crippen molar-refractivity contribution in [3.05, 3.63) is 47.5 Å². The molecule has 0 fully saturated rings. The SMILES string of the molecule is CC(C)=CC[C@H](NC(=O)[C@H](CO)NC(=O)OCc1ccccc1)C(N)=O. The third-order valence-electron chi connectivity index (χ3n) is 3.43. The van der Waals surface area contributed by atoms with Gasteiger partial charge in [0.15, 0.2) is 0 Å². The first-order chi connectivity index (χ1) is 12.3. The van der Waals surface area contributed by atoms with E-state index in [-0.39, 0.29) is 13.0 Å². The minimum atomic E-state index is -1.26. The fourth-order valence-electron chi connectivity index (χ4n) is 1.97. The van der Waals surface area contributed by atoms with Crippen LogP contribution in [0.5, 0.6) is 0 Å². The van der Waals surface area contributed by atoms with Crippen LogP contribution in [0.15, 0.2) is 42.0 Å². The zero-order valence-corrected chi connectivity index (χ0v) is 14.9. The number of carbonyl (C=O) groups excluding carboxylic acids is 3. The van der Waals surface area contributed by atoms with Crippen LogP contribution in [0.1, 0.15) is 25.8 Å². The largest absolute Gasteiger partial charge is 0.445 e. The van der Waals surface area contributed by atoms with Crippen LogP contribution in [-0.4, -0.2) is 41.7 Å². The molecule has 0 aromatic heterocycles. The molecule has 0 bridgehead atoms. The van der Waals surface area contributed by atoms with Gasteiger partial charge >= 0.3 is 6.09 Å². The number of amides is 3. The quantitative estimate of drug-likeness (QED) is 0.477. The number of primary amides is 1. The van der Waals surface area contributed by atoms with Gasteiger partial charge in [-0.05, 0) is 25.8 Å². The van der Waals surface area contributed by atoms with Crippen molar-refractivity contribution in [1.82, 2.24) is 10.6 Å². The molecule has 26 heavy (non-hydrogen) atoms. The number of ether oxygens (including phenoxy) is 1. The Kier molecular flexibility index (Phi) is 8.86. The number of allylic oxidation sites excluding steroid dienone is 1. The van der Waals surface area contributed by atoms with Crippen molar-refractivity contribution in [3.63, 3.8) is 0 Å². The van der Waals surface area contributed by atoms with Crippen molar-refractivity contribution >= 4 is 17.9 Å². The van der Waals surface area contributed by atoms with Gasteiger partial charge in [-0.25, -0.2) is 4.79 Å². The highest BCUT2D eigenvalue weighted by atomic mass is 16.5. The molecule has 0 saturated heterocycles. The van der Waals surface area contributed by atoms with E-state index in [0.717, 1.165) is 11.1 Å². The molecule has 0 aliphatic carbocycles. The minimum absolute atomic E-state index is 0.0247. The molecule has 0 unspecified atom stereocenters. The summed E-state index contributed by atoms with van der Waals surface area (Å²) < 4.78 is 5.00. The van der Waals surface area contributed by atoms with E-state index in [4.69, 9.17) is 10.5 Å². The van der Waals surface area contributed by atoms with Crippen LogP contribution in [-0.2, 0) is 20.9 Å². The highest BCUT2D eigenvalue weighted by Crippen LogP contribution is 2.02. The van der Waals surface area contributed by atoms with Crippen molar-refractivity contribution in [3.8, 4) is 0 Å². The highest BCUT2D eigenvalue weighted by Gasteiger charge is 2.25. The van der Waals surface area contributed by atoms with Crippen molar-refractivity contribution < 1.29 is 24.2 Å². The van der Waals surface area contributed by atoms with Crippen LogP contribution in [0.4, 0.5) is 4.79 Å². The zero-order valence-electron chi connectivity index (χ0n) is 14.9. The molecule has 8 nitrogen and oxygen atoms in total. The molecule has 0 saturated carbocycles. The lowest BCUT2D eigenvalue weighted by Gasteiger charge is -2.19. The zero-order chi connectivity index (χ0) is 19.5. The molecule has 8 heteroatoms. The van der Waals surface area contributed by atoms with Gasteiger partial charge in [-0.3, -0.25) is 9.59 Å². The average Bonchev–Trinajstić information content (AvgIpc) is 2.61. The maximum atomic E-state index is 12.2. The maximum Gasteiger partial charge on any atom is 0.408 e. The standard InChI is InChI=1S/C18H25N3O5/c1-12(2)8-9-14(16(19)23)20-17(24)15(10-22)21-18(25)26-11-13-6-4-3-5-7-13/h3-8,14-15,22H,9-11H2,1-2H3,(H2,19,23)(H,20,24)(H,21,25)/t14-,15-/m0/s1. The van der Waals surface area contributed by atoms with Gasteiger partial charge in [-0.15, -0.1) is 0 Å². The first-order valence-electron chi connectivity index (χ1n) is 8.14. The van der Waals surface area contributed by atoms with Crippen LogP contribution in [0.25, 0.3) is 0 Å². The summed E-state index contributed by atoms with van der Waals surface area (Å²) in [6, 6.07) is 6.81. The molecule has 1 rings (SSSR count). The van der Waals surface area contributed by atoms with Crippen molar-refractivity contribution in [2.45, 2.75) is 39.0 Å². The van der Waals surface area contributed by atoms with E-state index in [2.05, 4.69) is 10.6 Å². The van der Waals surface area contributed by atoms with Gasteiger partial charge < -0.3 is 26.2 Å². The van der Waals surface area contributed by atoms with Crippen molar-refractivity contribution in [2.24, 2.45) is 5.73 Å². The lowest BCUT2D eigenvalue weighted by Crippen LogP contribution is -2.54. The molecule has 0 aliphatic heterocycles. The van der Waals surface area contributed by atoms with Gasteiger partial charge in [-0.2, -0.15) is 0 Å². The van der Waals surface area contributed by atoms with Crippen LogP contribution >= 0.6 is 0 Å². The van der Waals surface area contributed by atoms with Gasteiger partial charge in [0.2, 0.25) is 11.8 Å². The smallest absolute Gasteiger partial charge is 0.408 e. The summed E-state index contributed by atoms with van der Waals surface area (Å²) in [7, 11) is 0. The van der Waals surface area contributed by atoms with E-state index >= 15 is 0 Å². The number of aliphatic hydroxyl groups excluding tert-OH is 1.